The van der Waals surface area contributed by atoms with E-state index in [0.717, 1.165) is 41.7 Å². The number of anilines is 1. The van der Waals surface area contributed by atoms with Gasteiger partial charge in [-0.15, -0.1) is 0 Å². The Morgan fingerprint density at radius 3 is 2.48 bits per heavy atom. The zero-order valence-corrected chi connectivity index (χ0v) is 18.3. The van der Waals surface area contributed by atoms with Gasteiger partial charge in [-0.1, -0.05) is 48.5 Å². The van der Waals surface area contributed by atoms with Crippen LogP contribution < -0.4 is 10.1 Å². The van der Waals surface area contributed by atoms with E-state index in [1.54, 1.807) is 6.20 Å². The Bertz CT molecular complexity index is 1020. The van der Waals surface area contributed by atoms with Crippen LogP contribution in [0.5, 0.6) is 5.88 Å². The second-order valence-corrected chi connectivity index (χ2v) is 8.00. The van der Waals surface area contributed by atoms with Crippen molar-refractivity contribution in [2.24, 2.45) is 0 Å². The number of rotatable bonds is 8. The second-order valence-electron chi connectivity index (χ2n) is 8.00. The Hall–Kier alpha value is -3.12. The van der Waals surface area contributed by atoms with E-state index in [1.165, 1.54) is 12.8 Å². The summed E-state index contributed by atoms with van der Waals surface area (Å²) < 4.78 is 5.91. The maximum atomic E-state index is 13.1. The van der Waals surface area contributed by atoms with Crippen molar-refractivity contribution in [1.82, 2.24) is 14.8 Å². The van der Waals surface area contributed by atoms with Gasteiger partial charge in [0.05, 0.1) is 17.9 Å². The SMILES string of the molecule is CNc1cnc(OCC(=O)N(C)C(CN2CCCC2)c2ccccc2)c2ccccc12. The smallest absolute Gasteiger partial charge is 0.260 e. The zero-order chi connectivity index (χ0) is 21.6. The van der Waals surface area contributed by atoms with E-state index in [-0.39, 0.29) is 18.6 Å². The number of carbonyl (C=O) groups is 1. The fourth-order valence-corrected chi connectivity index (χ4v) is 4.22. The largest absolute Gasteiger partial charge is 0.467 e. The summed E-state index contributed by atoms with van der Waals surface area (Å²) in [5.74, 6) is 0.420. The summed E-state index contributed by atoms with van der Waals surface area (Å²) in [4.78, 5) is 21.8. The summed E-state index contributed by atoms with van der Waals surface area (Å²) in [5, 5.41) is 5.06. The van der Waals surface area contributed by atoms with Crippen LogP contribution in [0.4, 0.5) is 5.69 Å². The number of hydrogen-bond donors (Lipinski definition) is 1. The van der Waals surface area contributed by atoms with Gasteiger partial charge in [-0.05, 0) is 37.6 Å². The lowest BCUT2D eigenvalue weighted by Crippen LogP contribution is -2.40. The number of likely N-dealkylation sites (N-methyl/N-ethyl adjacent to an activating group) is 1. The quantitative estimate of drug-likeness (QED) is 0.600. The molecule has 1 aromatic heterocycles. The van der Waals surface area contributed by atoms with Crippen LogP contribution in [0.2, 0.25) is 0 Å². The van der Waals surface area contributed by atoms with Gasteiger partial charge in [0.2, 0.25) is 5.88 Å². The molecule has 0 aliphatic carbocycles. The molecule has 1 atom stereocenters. The number of benzene rings is 2. The molecule has 1 N–H and O–H groups in total. The highest BCUT2D eigenvalue weighted by Gasteiger charge is 2.26. The number of pyridine rings is 1. The minimum atomic E-state index is -0.0587. The average Bonchev–Trinajstić information content (AvgIpc) is 3.34. The Labute approximate surface area is 183 Å². The van der Waals surface area contributed by atoms with Crippen LogP contribution in [-0.4, -0.2) is 61.0 Å². The highest BCUT2D eigenvalue weighted by molar-refractivity contribution is 5.96. The van der Waals surface area contributed by atoms with Gasteiger partial charge < -0.3 is 19.9 Å². The van der Waals surface area contributed by atoms with Crippen molar-refractivity contribution in [2.45, 2.75) is 18.9 Å². The van der Waals surface area contributed by atoms with Crippen molar-refractivity contribution in [3.05, 3.63) is 66.4 Å². The lowest BCUT2D eigenvalue weighted by molar-refractivity contribution is -0.134. The molecule has 1 saturated heterocycles. The molecular formula is C25H30N4O2. The van der Waals surface area contributed by atoms with Crippen molar-refractivity contribution in [3.63, 3.8) is 0 Å². The number of likely N-dealkylation sites (tertiary alicyclic amines) is 1. The molecule has 0 spiro atoms. The Morgan fingerprint density at radius 1 is 1.10 bits per heavy atom. The van der Waals surface area contributed by atoms with Crippen LogP contribution in [0.3, 0.4) is 0 Å². The van der Waals surface area contributed by atoms with E-state index in [0.29, 0.717) is 5.88 Å². The first-order valence-corrected chi connectivity index (χ1v) is 10.9. The predicted octanol–water partition coefficient (Wildman–Crippen LogP) is 3.95. The van der Waals surface area contributed by atoms with Crippen molar-refractivity contribution < 1.29 is 9.53 Å². The number of amides is 1. The van der Waals surface area contributed by atoms with Gasteiger partial charge in [-0.2, -0.15) is 0 Å². The van der Waals surface area contributed by atoms with Crippen LogP contribution in [0, 0.1) is 0 Å². The van der Waals surface area contributed by atoms with Crippen molar-refractivity contribution in [1.29, 1.82) is 0 Å². The third-order valence-corrected chi connectivity index (χ3v) is 6.04. The van der Waals surface area contributed by atoms with Crippen LogP contribution in [0.15, 0.2) is 60.8 Å². The lowest BCUT2D eigenvalue weighted by Gasteiger charge is -2.32. The molecule has 1 aliphatic heterocycles. The van der Waals surface area contributed by atoms with Crippen molar-refractivity contribution >= 4 is 22.4 Å². The monoisotopic (exact) mass is 418 g/mol. The molecule has 1 fully saturated rings. The molecule has 0 bridgehead atoms. The van der Waals surface area contributed by atoms with Gasteiger partial charge in [-0.3, -0.25) is 4.79 Å². The van der Waals surface area contributed by atoms with E-state index < -0.39 is 0 Å². The summed E-state index contributed by atoms with van der Waals surface area (Å²) in [7, 11) is 3.74. The third-order valence-electron chi connectivity index (χ3n) is 6.04. The minimum Gasteiger partial charge on any atom is -0.467 e. The molecule has 0 radical (unpaired) electrons. The number of hydrogen-bond acceptors (Lipinski definition) is 5. The lowest BCUT2D eigenvalue weighted by atomic mass is 10.0. The molecule has 2 aromatic carbocycles. The normalized spacial score (nSPS) is 15.0. The first-order valence-electron chi connectivity index (χ1n) is 10.9. The molecule has 4 rings (SSSR count). The summed E-state index contributed by atoms with van der Waals surface area (Å²) in [6.45, 7) is 2.98. The highest BCUT2D eigenvalue weighted by Crippen LogP contribution is 2.29. The molecule has 31 heavy (non-hydrogen) atoms. The topological polar surface area (TPSA) is 57.7 Å². The van der Waals surface area contributed by atoms with Gasteiger partial charge in [0, 0.05) is 31.4 Å². The fraction of sp³-hybridized carbons (Fsp3) is 0.360. The molecular weight excluding hydrogens is 388 g/mol. The van der Waals surface area contributed by atoms with Crippen LogP contribution in [0.1, 0.15) is 24.4 Å². The Morgan fingerprint density at radius 2 is 1.77 bits per heavy atom. The standard InChI is InChI=1S/C25H30N4O2/c1-26-22-16-27-25(21-13-7-6-12-20(21)22)31-18-24(30)28(2)23(17-29-14-8-9-15-29)19-10-4-3-5-11-19/h3-7,10-13,16,23,26H,8-9,14-15,17-18H2,1-2H3. The van der Waals surface area contributed by atoms with Crippen molar-refractivity contribution in [2.75, 3.05) is 45.7 Å². The summed E-state index contributed by atoms with van der Waals surface area (Å²) in [6.07, 6.45) is 4.19. The van der Waals surface area contributed by atoms with E-state index in [2.05, 4.69) is 27.3 Å². The molecule has 2 heterocycles. The van der Waals surface area contributed by atoms with Crippen LogP contribution >= 0.6 is 0 Å². The number of aromatic nitrogens is 1. The minimum absolute atomic E-state index is 0.00762. The molecule has 162 valence electrons. The molecule has 1 aliphatic rings. The van der Waals surface area contributed by atoms with E-state index in [1.807, 2.05) is 61.5 Å². The van der Waals surface area contributed by atoms with Gasteiger partial charge in [-0.25, -0.2) is 4.98 Å². The molecule has 1 unspecified atom stereocenters. The van der Waals surface area contributed by atoms with Gasteiger partial charge in [0.1, 0.15) is 0 Å². The predicted molar refractivity (Wildman–Crippen MR) is 124 cm³/mol. The summed E-state index contributed by atoms with van der Waals surface area (Å²) in [5.41, 5.74) is 2.08. The first kappa shape index (κ1) is 21.1. The van der Waals surface area contributed by atoms with E-state index in [4.69, 9.17) is 4.74 Å². The number of ether oxygens (including phenoxy) is 1. The number of nitrogens with zero attached hydrogens (tertiary/aromatic N) is 3. The third kappa shape index (κ3) is 4.80. The van der Waals surface area contributed by atoms with E-state index in [9.17, 15) is 4.79 Å². The Balaban J connectivity index is 1.49. The van der Waals surface area contributed by atoms with Gasteiger partial charge in [0.25, 0.3) is 5.91 Å². The number of carbonyl (C=O) groups excluding carboxylic acids is 1. The maximum absolute atomic E-state index is 13.1. The molecule has 0 saturated carbocycles. The number of fused-ring (bicyclic) bond motifs is 1. The second kappa shape index (κ2) is 9.79. The van der Waals surface area contributed by atoms with Gasteiger partial charge >= 0.3 is 0 Å². The van der Waals surface area contributed by atoms with Crippen LogP contribution in [0.25, 0.3) is 10.8 Å². The molecule has 3 aromatic rings. The zero-order valence-electron chi connectivity index (χ0n) is 18.3. The Kier molecular flexibility index (Phi) is 6.67. The average molecular weight is 419 g/mol. The van der Waals surface area contributed by atoms with E-state index >= 15 is 0 Å². The maximum Gasteiger partial charge on any atom is 0.260 e. The number of nitrogens with one attached hydrogen (secondary N) is 1. The first-order chi connectivity index (χ1) is 15.2. The fourth-order valence-electron chi connectivity index (χ4n) is 4.22. The summed E-state index contributed by atoms with van der Waals surface area (Å²) in [6, 6.07) is 18.2. The molecule has 6 nitrogen and oxygen atoms in total. The van der Waals surface area contributed by atoms with Crippen LogP contribution in [-0.2, 0) is 4.79 Å². The van der Waals surface area contributed by atoms with Crippen molar-refractivity contribution in [3.8, 4) is 5.88 Å². The molecule has 6 heteroatoms. The summed E-state index contributed by atoms with van der Waals surface area (Å²) >= 11 is 0. The molecule has 1 amide bonds. The van der Waals surface area contributed by atoms with Gasteiger partial charge in [0.15, 0.2) is 6.61 Å². The highest BCUT2D eigenvalue weighted by atomic mass is 16.5.